The van der Waals surface area contributed by atoms with Crippen LogP contribution in [0.3, 0.4) is 0 Å². The van der Waals surface area contributed by atoms with E-state index in [0.29, 0.717) is 19.3 Å². The third-order valence-corrected chi connectivity index (χ3v) is 11.8. The zero-order valence-corrected chi connectivity index (χ0v) is 46.8. The van der Waals surface area contributed by atoms with Gasteiger partial charge < -0.3 is 14.2 Å². The number of ether oxygens (including phenoxy) is 3. The van der Waals surface area contributed by atoms with Crippen LogP contribution in [0.1, 0.15) is 239 Å². The summed E-state index contributed by atoms with van der Waals surface area (Å²) < 4.78 is 16.8. The highest BCUT2D eigenvalue weighted by atomic mass is 16.6. The molecule has 0 aliphatic heterocycles. The van der Waals surface area contributed by atoms with Gasteiger partial charge in [-0.25, -0.2) is 0 Å². The van der Waals surface area contributed by atoms with Crippen LogP contribution in [-0.4, -0.2) is 37.2 Å². The average Bonchev–Trinajstić information content (AvgIpc) is 3.39. The van der Waals surface area contributed by atoms with Gasteiger partial charge in [0.25, 0.3) is 0 Å². The van der Waals surface area contributed by atoms with Crippen molar-refractivity contribution in [2.45, 2.75) is 245 Å². The van der Waals surface area contributed by atoms with Gasteiger partial charge in [0.15, 0.2) is 6.10 Å². The Labute approximate surface area is 448 Å². The van der Waals surface area contributed by atoms with E-state index >= 15 is 0 Å². The molecule has 0 spiro atoms. The highest BCUT2D eigenvalue weighted by Crippen LogP contribution is 2.14. The summed E-state index contributed by atoms with van der Waals surface area (Å²) in [6, 6.07) is 0. The van der Waals surface area contributed by atoms with Gasteiger partial charge in [0.05, 0.1) is 0 Å². The minimum Gasteiger partial charge on any atom is -0.462 e. The second-order valence-electron chi connectivity index (χ2n) is 18.8. The minimum absolute atomic E-state index is 0.120. The first kappa shape index (κ1) is 68.3. The van der Waals surface area contributed by atoms with E-state index in [-0.39, 0.29) is 37.5 Å². The number of rotatable bonds is 51. The molecule has 6 nitrogen and oxygen atoms in total. The highest BCUT2D eigenvalue weighted by Gasteiger charge is 2.19. The second-order valence-corrected chi connectivity index (χ2v) is 18.8. The molecule has 0 aromatic carbocycles. The molecular weight excluding hydrogens is 901 g/mol. The Hall–Kier alpha value is -4.71. The minimum atomic E-state index is -0.824. The first-order chi connectivity index (χ1) is 36.0. The largest absolute Gasteiger partial charge is 0.462 e. The smallest absolute Gasteiger partial charge is 0.306 e. The van der Waals surface area contributed by atoms with Crippen LogP contribution >= 0.6 is 0 Å². The van der Waals surface area contributed by atoms with Gasteiger partial charge in [0, 0.05) is 19.3 Å². The van der Waals surface area contributed by atoms with Crippen LogP contribution in [0, 0.1) is 0 Å². The van der Waals surface area contributed by atoms with Crippen LogP contribution in [0.2, 0.25) is 0 Å². The third-order valence-electron chi connectivity index (χ3n) is 11.8. The highest BCUT2D eigenvalue weighted by molar-refractivity contribution is 5.71. The molecule has 410 valence electrons. The number of allylic oxidation sites excluding steroid dienone is 24. The Kier molecular flexibility index (Phi) is 56.0. The molecule has 0 radical (unpaired) electrons. The number of hydrogen-bond donors (Lipinski definition) is 0. The van der Waals surface area contributed by atoms with E-state index in [4.69, 9.17) is 14.2 Å². The molecule has 6 heteroatoms. The molecule has 0 fully saturated rings. The predicted octanol–water partition coefficient (Wildman–Crippen LogP) is 20.0. The molecule has 0 aromatic rings. The van der Waals surface area contributed by atoms with E-state index < -0.39 is 6.10 Å². The summed E-state index contributed by atoms with van der Waals surface area (Å²) >= 11 is 0. The fourth-order valence-electron chi connectivity index (χ4n) is 7.47. The molecule has 73 heavy (non-hydrogen) atoms. The van der Waals surface area contributed by atoms with Crippen molar-refractivity contribution in [3.63, 3.8) is 0 Å². The van der Waals surface area contributed by atoms with E-state index in [1.807, 2.05) is 0 Å². The first-order valence-electron chi connectivity index (χ1n) is 29.3. The predicted molar refractivity (Wildman–Crippen MR) is 315 cm³/mol. The van der Waals surface area contributed by atoms with Gasteiger partial charge in [0.2, 0.25) is 0 Å². The summed E-state index contributed by atoms with van der Waals surface area (Å²) in [5, 5.41) is 0. The van der Waals surface area contributed by atoms with E-state index in [2.05, 4.69) is 167 Å². The second kappa shape index (κ2) is 59.8. The summed E-state index contributed by atoms with van der Waals surface area (Å²) in [6.45, 7) is 6.30. The topological polar surface area (TPSA) is 78.9 Å². The van der Waals surface area contributed by atoms with Crippen LogP contribution in [0.15, 0.2) is 146 Å². The van der Waals surface area contributed by atoms with Crippen LogP contribution in [0.5, 0.6) is 0 Å². The lowest BCUT2D eigenvalue weighted by Gasteiger charge is -2.18. The Morgan fingerprint density at radius 1 is 0.288 bits per heavy atom. The van der Waals surface area contributed by atoms with Crippen molar-refractivity contribution in [1.29, 1.82) is 0 Å². The van der Waals surface area contributed by atoms with Gasteiger partial charge >= 0.3 is 17.9 Å². The number of esters is 3. The molecule has 0 saturated carbocycles. The van der Waals surface area contributed by atoms with Crippen molar-refractivity contribution < 1.29 is 28.6 Å². The molecule has 1 atom stereocenters. The van der Waals surface area contributed by atoms with Gasteiger partial charge in [-0.2, -0.15) is 0 Å². The molecule has 0 rings (SSSR count). The van der Waals surface area contributed by atoms with Gasteiger partial charge in [-0.3, -0.25) is 14.4 Å². The SMILES string of the molecule is CC/C=C\C/C=C\C/C=C\C/C=C\C/C=C\CCCCCC(=O)OCC(COC(=O)CCC/C=C\C/C=C\C/C=C\C/C=C\CCCCC)OC(=O)CCCCCCCCCCC/C=C\C/C=C\C/C=C\CC. The number of hydrogen-bond acceptors (Lipinski definition) is 6. The maximum atomic E-state index is 12.9. The maximum Gasteiger partial charge on any atom is 0.306 e. The van der Waals surface area contributed by atoms with Crippen molar-refractivity contribution in [3.05, 3.63) is 146 Å². The van der Waals surface area contributed by atoms with Crippen LogP contribution < -0.4 is 0 Å². The monoisotopic (exact) mass is 1010 g/mol. The summed E-state index contributed by atoms with van der Waals surface area (Å²) in [5.41, 5.74) is 0. The van der Waals surface area contributed by atoms with Gasteiger partial charge in [-0.1, -0.05) is 231 Å². The standard InChI is InChI=1S/C67H106O6/c1-4-7-10-13-16-19-22-25-28-31-33-36-39-42-45-48-51-54-57-60-66(69)72-63-64(62-71-65(68)59-56-53-50-47-44-41-38-35-30-27-24-21-18-15-12-9-6-3)73-67(70)61-58-55-52-49-46-43-40-37-34-32-29-26-23-20-17-14-11-8-5-2/h7-8,10-11,16-21,25-30,33,36,38,41-42,45,47,50,64H,4-6,9,12-15,22-24,31-32,34-35,37,39-40,43-44,46,48-49,51-63H2,1-3H3/b10-7-,11-8-,19-16-,20-17-,21-18-,28-25-,29-26-,30-27-,36-33-,41-38-,45-42-,50-47-. The van der Waals surface area contributed by atoms with Crippen LogP contribution in [-0.2, 0) is 28.6 Å². The van der Waals surface area contributed by atoms with E-state index in [1.165, 1.54) is 64.2 Å². The summed E-state index contributed by atoms with van der Waals surface area (Å²) in [4.78, 5) is 38.2. The van der Waals surface area contributed by atoms with Crippen molar-refractivity contribution >= 4 is 17.9 Å². The van der Waals surface area contributed by atoms with Crippen molar-refractivity contribution in [3.8, 4) is 0 Å². The Bertz CT molecular complexity index is 1630. The van der Waals surface area contributed by atoms with Gasteiger partial charge in [0.1, 0.15) is 13.2 Å². The lowest BCUT2D eigenvalue weighted by atomic mass is 10.1. The lowest BCUT2D eigenvalue weighted by Crippen LogP contribution is -2.30. The normalized spacial score (nSPS) is 13.2. The van der Waals surface area contributed by atoms with Crippen LogP contribution in [0.25, 0.3) is 0 Å². The first-order valence-corrected chi connectivity index (χ1v) is 29.3. The summed E-state index contributed by atoms with van der Waals surface area (Å²) in [5.74, 6) is -1.02. The van der Waals surface area contributed by atoms with E-state index in [0.717, 1.165) is 128 Å². The maximum absolute atomic E-state index is 12.9. The van der Waals surface area contributed by atoms with Gasteiger partial charge in [-0.15, -0.1) is 0 Å². The molecule has 0 amide bonds. The summed E-state index contributed by atoms with van der Waals surface area (Å²) in [6.07, 6.45) is 85.5. The Balaban J connectivity index is 4.56. The van der Waals surface area contributed by atoms with Crippen molar-refractivity contribution in [1.82, 2.24) is 0 Å². The third kappa shape index (κ3) is 58.1. The van der Waals surface area contributed by atoms with Crippen LogP contribution in [0.4, 0.5) is 0 Å². The van der Waals surface area contributed by atoms with Crippen molar-refractivity contribution in [2.75, 3.05) is 13.2 Å². The molecule has 0 aliphatic rings. The molecule has 0 saturated heterocycles. The molecular formula is C67H106O6. The Morgan fingerprint density at radius 3 is 0.904 bits per heavy atom. The molecule has 0 bridgehead atoms. The van der Waals surface area contributed by atoms with E-state index in [9.17, 15) is 14.4 Å². The molecule has 0 aliphatic carbocycles. The average molecular weight is 1010 g/mol. The van der Waals surface area contributed by atoms with Crippen molar-refractivity contribution in [2.24, 2.45) is 0 Å². The fourth-order valence-corrected chi connectivity index (χ4v) is 7.47. The molecule has 0 aromatic heterocycles. The fraction of sp³-hybridized carbons (Fsp3) is 0.597. The zero-order chi connectivity index (χ0) is 52.9. The molecule has 0 heterocycles. The molecule has 1 unspecified atom stereocenters. The van der Waals surface area contributed by atoms with Gasteiger partial charge in [-0.05, 0) is 135 Å². The molecule has 0 N–H and O–H groups in total. The number of carbonyl (C=O) groups excluding carboxylic acids is 3. The quantitative estimate of drug-likeness (QED) is 0.0261. The number of unbranched alkanes of at least 4 members (excludes halogenated alkanes) is 16. The summed E-state index contributed by atoms with van der Waals surface area (Å²) in [7, 11) is 0. The van der Waals surface area contributed by atoms with E-state index in [1.54, 1.807) is 0 Å². The lowest BCUT2D eigenvalue weighted by molar-refractivity contribution is -0.167. The number of carbonyl (C=O) groups is 3. The zero-order valence-electron chi connectivity index (χ0n) is 46.8. The Morgan fingerprint density at radius 2 is 0.548 bits per heavy atom.